The lowest BCUT2D eigenvalue weighted by Gasteiger charge is -2.00. The molecular formula is C13H8BrFN4O. The first-order valence-corrected chi connectivity index (χ1v) is 6.43. The minimum absolute atomic E-state index is 0.260. The zero-order valence-corrected chi connectivity index (χ0v) is 11.6. The molecule has 0 saturated heterocycles. The first-order chi connectivity index (χ1) is 9.63. The molecule has 0 amide bonds. The minimum atomic E-state index is -0.325. The van der Waals surface area contributed by atoms with E-state index in [1.54, 1.807) is 24.4 Å². The molecule has 0 fully saturated rings. The van der Waals surface area contributed by atoms with Gasteiger partial charge in [-0.25, -0.2) is 9.37 Å². The van der Waals surface area contributed by atoms with Gasteiger partial charge in [-0.3, -0.25) is 0 Å². The van der Waals surface area contributed by atoms with Gasteiger partial charge >= 0.3 is 0 Å². The highest BCUT2D eigenvalue weighted by Gasteiger charge is 2.14. The molecule has 3 aromatic rings. The maximum Gasteiger partial charge on any atom is 0.251 e. The van der Waals surface area contributed by atoms with E-state index < -0.39 is 0 Å². The van der Waals surface area contributed by atoms with Crippen molar-refractivity contribution < 1.29 is 8.81 Å². The second kappa shape index (κ2) is 5.01. The summed E-state index contributed by atoms with van der Waals surface area (Å²) in [4.78, 5) is 4.00. The van der Waals surface area contributed by atoms with Crippen LogP contribution in [0, 0.1) is 5.82 Å². The van der Waals surface area contributed by atoms with Gasteiger partial charge in [0.25, 0.3) is 5.89 Å². The van der Waals surface area contributed by atoms with Crippen LogP contribution >= 0.6 is 15.9 Å². The van der Waals surface area contributed by atoms with Crippen LogP contribution in [0.2, 0.25) is 0 Å². The minimum Gasteiger partial charge on any atom is -0.416 e. The molecular weight excluding hydrogens is 327 g/mol. The quantitative estimate of drug-likeness (QED) is 0.778. The topological polar surface area (TPSA) is 77.8 Å². The first kappa shape index (κ1) is 12.7. The predicted molar refractivity (Wildman–Crippen MR) is 75.0 cm³/mol. The molecule has 0 radical (unpaired) electrons. The molecule has 20 heavy (non-hydrogen) atoms. The van der Waals surface area contributed by atoms with Crippen LogP contribution in [-0.4, -0.2) is 15.2 Å². The van der Waals surface area contributed by atoms with Crippen molar-refractivity contribution >= 4 is 21.7 Å². The number of nitrogens with zero attached hydrogens (tertiary/aromatic N) is 3. The van der Waals surface area contributed by atoms with Gasteiger partial charge in [-0.1, -0.05) is 0 Å². The van der Waals surface area contributed by atoms with E-state index in [1.807, 2.05) is 0 Å². The van der Waals surface area contributed by atoms with Gasteiger partial charge in [0.2, 0.25) is 5.89 Å². The summed E-state index contributed by atoms with van der Waals surface area (Å²) in [6.07, 6.45) is 1.58. The zero-order valence-electron chi connectivity index (χ0n) is 10.0. The van der Waals surface area contributed by atoms with E-state index in [0.29, 0.717) is 22.8 Å². The molecule has 5 nitrogen and oxygen atoms in total. The second-order valence-electron chi connectivity index (χ2n) is 4.01. The molecule has 7 heteroatoms. The third kappa shape index (κ3) is 2.39. The molecule has 0 aliphatic heterocycles. The van der Waals surface area contributed by atoms with E-state index in [2.05, 4.69) is 31.1 Å². The molecule has 0 spiro atoms. The van der Waals surface area contributed by atoms with Crippen LogP contribution in [0.15, 0.2) is 45.4 Å². The number of hydrogen-bond donors (Lipinski definition) is 1. The van der Waals surface area contributed by atoms with E-state index in [-0.39, 0.29) is 11.7 Å². The molecule has 2 N–H and O–H groups in total. The van der Waals surface area contributed by atoms with E-state index >= 15 is 0 Å². The van der Waals surface area contributed by atoms with Gasteiger partial charge in [0.1, 0.15) is 11.6 Å². The van der Waals surface area contributed by atoms with Crippen LogP contribution in [0.4, 0.5) is 10.2 Å². The third-order valence-corrected chi connectivity index (χ3v) is 3.07. The fourth-order valence-corrected chi connectivity index (χ4v) is 1.99. The highest BCUT2D eigenvalue weighted by molar-refractivity contribution is 9.10. The average molecular weight is 335 g/mol. The number of halogens is 2. The van der Waals surface area contributed by atoms with Crippen molar-refractivity contribution in [3.63, 3.8) is 0 Å². The monoisotopic (exact) mass is 334 g/mol. The van der Waals surface area contributed by atoms with Crippen molar-refractivity contribution in [2.24, 2.45) is 0 Å². The van der Waals surface area contributed by atoms with Crippen molar-refractivity contribution in [3.8, 4) is 22.9 Å². The number of anilines is 1. The lowest BCUT2D eigenvalue weighted by atomic mass is 10.2. The SMILES string of the molecule is Nc1ncc(Br)cc1-c1nnc(-c2ccc(F)cc2)o1. The number of nitrogens with two attached hydrogens (primary N) is 1. The Morgan fingerprint density at radius 3 is 2.55 bits per heavy atom. The molecule has 3 rings (SSSR count). The summed E-state index contributed by atoms with van der Waals surface area (Å²) in [6.45, 7) is 0. The Balaban J connectivity index is 2.01. The Morgan fingerprint density at radius 1 is 1.10 bits per heavy atom. The predicted octanol–water partition coefficient (Wildman–Crippen LogP) is 3.28. The van der Waals surface area contributed by atoms with Gasteiger partial charge in [-0.15, -0.1) is 10.2 Å². The molecule has 0 bridgehead atoms. The standard InChI is InChI=1S/C13H8BrFN4O/c14-8-5-10(11(16)17-6-8)13-19-18-12(20-13)7-1-3-9(15)4-2-7/h1-6H,(H2,16,17). The largest absolute Gasteiger partial charge is 0.416 e. The lowest BCUT2D eigenvalue weighted by Crippen LogP contribution is -1.93. The lowest BCUT2D eigenvalue weighted by molar-refractivity contribution is 0.584. The van der Waals surface area contributed by atoms with E-state index in [0.717, 1.165) is 4.47 Å². The number of pyridine rings is 1. The van der Waals surface area contributed by atoms with Gasteiger partial charge in [0, 0.05) is 16.2 Å². The summed E-state index contributed by atoms with van der Waals surface area (Å²) in [5.41, 5.74) is 6.95. The van der Waals surface area contributed by atoms with Crippen LogP contribution < -0.4 is 5.73 Å². The molecule has 1 aromatic carbocycles. The summed E-state index contributed by atoms with van der Waals surface area (Å²) >= 11 is 3.30. The second-order valence-corrected chi connectivity index (χ2v) is 4.92. The highest BCUT2D eigenvalue weighted by Crippen LogP contribution is 2.28. The van der Waals surface area contributed by atoms with Crippen molar-refractivity contribution in [1.82, 2.24) is 15.2 Å². The number of benzene rings is 1. The summed E-state index contributed by atoms with van der Waals surface area (Å²) < 4.78 is 19.2. The molecule has 0 saturated carbocycles. The van der Waals surface area contributed by atoms with Crippen LogP contribution in [-0.2, 0) is 0 Å². The van der Waals surface area contributed by atoms with Gasteiger partial charge in [-0.2, -0.15) is 0 Å². The van der Waals surface area contributed by atoms with Crippen molar-refractivity contribution in [1.29, 1.82) is 0 Å². The summed E-state index contributed by atoms with van der Waals surface area (Å²) in [5.74, 6) is 0.520. The van der Waals surface area contributed by atoms with Crippen LogP contribution in [0.3, 0.4) is 0 Å². The molecule has 0 aliphatic carbocycles. The fraction of sp³-hybridized carbons (Fsp3) is 0. The Bertz CT molecular complexity index is 757. The zero-order chi connectivity index (χ0) is 14.1. The molecule has 2 aromatic heterocycles. The average Bonchev–Trinajstić information content (AvgIpc) is 2.92. The smallest absolute Gasteiger partial charge is 0.251 e. The van der Waals surface area contributed by atoms with Gasteiger partial charge in [0.05, 0.1) is 5.56 Å². The van der Waals surface area contributed by atoms with Crippen molar-refractivity contribution in [3.05, 3.63) is 46.8 Å². The molecule has 0 aliphatic rings. The van der Waals surface area contributed by atoms with Crippen molar-refractivity contribution in [2.45, 2.75) is 0 Å². The Labute approximate surface area is 121 Å². The number of rotatable bonds is 2. The summed E-state index contributed by atoms with van der Waals surface area (Å²) in [7, 11) is 0. The van der Waals surface area contributed by atoms with E-state index in [1.165, 1.54) is 12.1 Å². The fourth-order valence-electron chi connectivity index (χ4n) is 1.66. The highest BCUT2D eigenvalue weighted by atomic mass is 79.9. The van der Waals surface area contributed by atoms with Crippen LogP contribution in [0.5, 0.6) is 0 Å². The normalized spacial score (nSPS) is 10.7. The maximum absolute atomic E-state index is 12.9. The van der Waals surface area contributed by atoms with E-state index in [9.17, 15) is 4.39 Å². The molecule has 0 unspecified atom stereocenters. The molecule has 2 heterocycles. The Hall–Kier alpha value is -2.28. The van der Waals surface area contributed by atoms with E-state index in [4.69, 9.17) is 10.2 Å². The molecule has 0 atom stereocenters. The first-order valence-electron chi connectivity index (χ1n) is 5.64. The Kier molecular flexibility index (Phi) is 3.19. The van der Waals surface area contributed by atoms with Gasteiger partial charge in [0.15, 0.2) is 0 Å². The summed E-state index contributed by atoms with van der Waals surface area (Å²) in [6, 6.07) is 7.52. The number of aromatic nitrogens is 3. The summed E-state index contributed by atoms with van der Waals surface area (Å²) in [5, 5.41) is 7.86. The number of hydrogen-bond acceptors (Lipinski definition) is 5. The molecule has 100 valence electrons. The van der Waals surface area contributed by atoms with Crippen LogP contribution in [0.1, 0.15) is 0 Å². The van der Waals surface area contributed by atoms with Crippen molar-refractivity contribution in [2.75, 3.05) is 5.73 Å². The maximum atomic E-state index is 12.9. The number of nitrogen functional groups attached to an aromatic ring is 1. The third-order valence-electron chi connectivity index (χ3n) is 2.63. The van der Waals surface area contributed by atoms with Gasteiger partial charge in [-0.05, 0) is 46.3 Å². The van der Waals surface area contributed by atoms with Gasteiger partial charge < -0.3 is 10.2 Å². The Morgan fingerprint density at radius 2 is 1.80 bits per heavy atom. The van der Waals surface area contributed by atoms with Crippen LogP contribution in [0.25, 0.3) is 22.9 Å².